The molecule has 5 heteroatoms. The maximum absolute atomic E-state index is 8.95. The van der Waals surface area contributed by atoms with Crippen LogP contribution in [0.3, 0.4) is 0 Å². The van der Waals surface area contributed by atoms with Gasteiger partial charge in [0.15, 0.2) is 0 Å². The minimum Gasteiger partial charge on any atom is -0.396 e. The first kappa shape index (κ1) is 13.1. The van der Waals surface area contributed by atoms with Crippen LogP contribution in [0.25, 0.3) is 10.9 Å². The molecule has 4 N–H and O–H groups in total. The molecule has 0 saturated heterocycles. The molecule has 0 spiro atoms. The number of aromatic nitrogens is 1. The lowest BCUT2D eigenvalue weighted by atomic mass is 10.1. The molecule has 0 aliphatic rings. The molecule has 1 aromatic carbocycles. The molecular weight excluding hydrogens is 294 g/mol. The zero-order chi connectivity index (χ0) is 13.1. The average molecular weight is 310 g/mol. The van der Waals surface area contributed by atoms with Crippen LogP contribution >= 0.6 is 15.9 Å². The number of nitrogens with zero attached hydrogens (tertiary/aromatic N) is 1. The standard InChI is InChI=1S/C13H16BrN3O/c1-8(4-5-18)17-13-10-6-9(14)2-3-12(10)16-7-11(13)15/h2-3,6-8,18H,4-5,15H2,1H3,(H,16,17). The van der Waals surface area contributed by atoms with Crippen molar-refractivity contribution < 1.29 is 5.11 Å². The van der Waals surface area contributed by atoms with Crippen LogP contribution in [0.5, 0.6) is 0 Å². The van der Waals surface area contributed by atoms with Gasteiger partial charge < -0.3 is 16.2 Å². The molecular formula is C13H16BrN3O. The Morgan fingerprint density at radius 2 is 2.28 bits per heavy atom. The van der Waals surface area contributed by atoms with Gasteiger partial charge in [-0.1, -0.05) is 15.9 Å². The number of nitrogens with two attached hydrogens (primary N) is 1. The van der Waals surface area contributed by atoms with Crippen LogP contribution in [0.1, 0.15) is 13.3 Å². The number of anilines is 2. The molecule has 0 aliphatic carbocycles. The lowest BCUT2D eigenvalue weighted by molar-refractivity contribution is 0.282. The Labute approximate surface area is 114 Å². The summed E-state index contributed by atoms with van der Waals surface area (Å²) in [5, 5.41) is 13.3. The van der Waals surface area contributed by atoms with Gasteiger partial charge in [0.1, 0.15) is 0 Å². The number of fused-ring (bicyclic) bond motifs is 1. The predicted octanol–water partition coefficient (Wildman–Crippen LogP) is 2.76. The Bertz CT molecular complexity index is 554. The van der Waals surface area contributed by atoms with Gasteiger partial charge in [-0.25, -0.2) is 0 Å². The first-order chi connectivity index (χ1) is 8.61. The maximum Gasteiger partial charge on any atom is 0.0743 e. The zero-order valence-electron chi connectivity index (χ0n) is 10.2. The second kappa shape index (κ2) is 5.54. The summed E-state index contributed by atoms with van der Waals surface area (Å²) in [6.45, 7) is 2.17. The molecule has 0 amide bonds. The summed E-state index contributed by atoms with van der Waals surface area (Å²) in [6.07, 6.45) is 2.33. The van der Waals surface area contributed by atoms with Crippen molar-refractivity contribution in [1.82, 2.24) is 4.98 Å². The minimum absolute atomic E-state index is 0.154. The number of hydrogen-bond acceptors (Lipinski definition) is 4. The van der Waals surface area contributed by atoms with E-state index in [1.807, 2.05) is 25.1 Å². The highest BCUT2D eigenvalue weighted by molar-refractivity contribution is 9.10. The van der Waals surface area contributed by atoms with Crippen LogP contribution in [-0.4, -0.2) is 22.7 Å². The molecule has 2 rings (SSSR count). The van der Waals surface area contributed by atoms with Crippen LogP contribution in [-0.2, 0) is 0 Å². The SMILES string of the molecule is CC(CCO)Nc1c(N)cnc2ccc(Br)cc12. The summed E-state index contributed by atoms with van der Waals surface area (Å²) in [5.74, 6) is 0. The van der Waals surface area contributed by atoms with E-state index < -0.39 is 0 Å². The number of benzene rings is 1. The zero-order valence-corrected chi connectivity index (χ0v) is 11.7. The highest BCUT2D eigenvalue weighted by Crippen LogP contribution is 2.30. The number of nitrogen functional groups attached to an aromatic ring is 1. The summed E-state index contributed by atoms with van der Waals surface area (Å²) in [7, 11) is 0. The summed E-state index contributed by atoms with van der Waals surface area (Å²) in [4.78, 5) is 4.30. The fraction of sp³-hybridized carbons (Fsp3) is 0.308. The number of pyridine rings is 1. The van der Waals surface area contributed by atoms with Crippen molar-refractivity contribution in [2.75, 3.05) is 17.7 Å². The smallest absolute Gasteiger partial charge is 0.0743 e. The van der Waals surface area contributed by atoms with Crippen LogP contribution in [0.15, 0.2) is 28.9 Å². The van der Waals surface area contributed by atoms with E-state index in [4.69, 9.17) is 10.8 Å². The Morgan fingerprint density at radius 3 is 3.00 bits per heavy atom. The van der Waals surface area contributed by atoms with Crippen molar-refractivity contribution >= 4 is 38.2 Å². The van der Waals surface area contributed by atoms with Crippen LogP contribution in [0.4, 0.5) is 11.4 Å². The molecule has 0 bridgehead atoms. The molecule has 0 saturated carbocycles. The molecule has 0 radical (unpaired) electrons. The molecule has 18 heavy (non-hydrogen) atoms. The molecule has 1 unspecified atom stereocenters. The molecule has 0 aliphatic heterocycles. The molecule has 1 heterocycles. The van der Waals surface area contributed by atoms with Crippen molar-refractivity contribution in [3.8, 4) is 0 Å². The lowest BCUT2D eigenvalue weighted by Gasteiger charge is -2.17. The van der Waals surface area contributed by atoms with Gasteiger partial charge in [0.25, 0.3) is 0 Å². The number of halogens is 1. The van der Waals surface area contributed by atoms with E-state index in [0.29, 0.717) is 12.1 Å². The van der Waals surface area contributed by atoms with E-state index in [1.54, 1.807) is 6.20 Å². The van der Waals surface area contributed by atoms with Gasteiger partial charge in [-0.05, 0) is 31.5 Å². The van der Waals surface area contributed by atoms with Crippen molar-refractivity contribution in [1.29, 1.82) is 0 Å². The van der Waals surface area contributed by atoms with Crippen LogP contribution in [0.2, 0.25) is 0 Å². The van der Waals surface area contributed by atoms with E-state index in [1.165, 1.54) is 0 Å². The third-order valence-electron chi connectivity index (χ3n) is 2.81. The second-order valence-corrected chi connectivity index (χ2v) is 5.22. The number of aliphatic hydroxyl groups is 1. The van der Waals surface area contributed by atoms with Gasteiger partial charge in [-0.3, -0.25) is 4.98 Å². The highest BCUT2D eigenvalue weighted by atomic mass is 79.9. The molecule has 2 aromatic rings. The average Bonchev–Trinajstić information content (AvgIpc) is 2.33. The third-order valence-corrected chi connectivity index (χ3v) is 3.31. The molecule has 4 nitrogen and oxygen atoms in total. The van der Waals surface area contributed by atoms with Crippen molar-refractivity contribution in [2.24, 2.45) is 0 Å². The van der Waals surface area contributed by atoms with Gasteiger partial charge in [0.05, 0.1) is 23.1 Å². The predicted molar refractivity (Wildman–Crippen MR) is 78.6 cm³/mol. The highest BCUT2D eigenvalue weighted by Gasteiger charge is 2.10. The summed E-state index contributed by atoms with van der Waals surface area (Å²) in [5.41, 5.74) is 8.37. The lowest BCUT2D eigenvalue weighted by Crippen LogP contribution is -2.17. The molecule has 96 valence electrons. The quantitative estimate of drug-likeness (QED) is 0.812. The number of nitrogens with one attached hydrogen (secondary N) is 1. The number of rotatable bonds is 4. The van der Waals surface area contributed by atoms with Gasteiger partial charge in [-0.15, -0.1) is 0 Å². The second-order valence-electron chi connectivity index (χ2n) is 4.31. The molecule has 1 atom stereocenters. The Balaban J connectivity index is 2.46. The van der Waals surface area contributed by atoms with Gasteiger partial charge in [0.2, 0.25) is 0 Å². The van der Waals surface area contributed by atoms with Crippen molar-refractivity contribution in [3.05, 3.63) is 28.9 Å². The third kappa shape index (κ3) is 2.73. The monoisotopic (exact) mass is 309 g/mol. The Kier molecular flexibility index (Phi) is 4.04. The number of aliphatic hydroxyl groups excluding tert-OH is 1. The summed E-state index contributed by atoms with van der Waals surface area (Å²) in [6, 6.07) is 6.04. The van der Waals surface area contributed by atoms with E-state index in [2.05, 4.69) is 26.2 Å². The van der Waals surface area contributed by atoms with Gasteiger partial charge in [-0.2, -0.15) is 0 Å². The maximum atomic E-state index is 8.95. The van der Waals surface area contributed by atoms with Crippen molar-refractivity contribution in [2.45, 2.75) is 19.4 Å². The van der Waals surface area contributed by atoms with E-state index in [0.717, 1.165) is 21.1 Å². The molecule has 0 fully saturated rings. The van der Waals surface area contributed by atoms with E-state index in [-0.39, 0.29) is 12.6 Å². The Morgan fingerprint density at radius 1 is 1.50 bits per heavy atom. The Hall–Kier alpha value is -1.33. The number of hydrogen-bond donors (Lipinski definition) is 3. The van der Waals surface area contributed by atoms with Crippen molar-refractivity contribution in [3.63, 3.8) is 0 Å². The topological polar surface area (TPSA) is 71.2 Å². The minimum atomic E-state index is 0.154. The summed E-state index contributed by atoms with van der Waals surface area (Å²) >= 11 is 3.45. The molecule has 1 aromatic heterocycles. The van der Waals surface area contributed by atoms with Gasteiger partial charge >= 0.3 is 0 Å². The van der Waals surface area contributed by atoms with E-state index >= 15 is 0 Å². The normalized spacial score (nSPS) is 12.6. The van der Waals surface area contributed by atoms with Crippen LogP contribution in [0, 0.1) is 0 Å². The summed E-state index contributed by atoms with van der Waals surface area (Å²) < 4.78 is 0.986. The first-order valence-electron chi connectivity index (χ1n) is 5.83. The van der Waals surface area contributed by atoms with Gasteiger partial charge in [0, 0.05) is 22.5 Å². The van der Waals surface area contributed by atoms with E-state index in [9.17, 15) is 0 Å². The van der Waals surface area contributed by atoms with Crippen LogP contribution < -0.4 is 11.1 Å². The fourth-order valence-corrected chi connectivity index (χ4v) is 2.21. The first-order valence-corrected chi connectivity index (χ1v) is 6.62. The fourth-order valence-electron chi connectivity index (χ4n) is 1.85. The largest absolute Gasteiger partial charge is 0.396 e.